The van der Waals surface area contributed by atoms with Crippen LogP contribution in [-0.4, -0.2) is 18.6 Å². The van der Waals surface area contributed by atoms with Crippen LogP contribution < -0.4 is 15.4 Å². The molecular formula is C28H29FN2O4. The first-order chi connectivity index (χ1) is 17.0. The SMILES string of the molecule is CCCCC1=C(C(=O)OCC)C(c2c(OCc3ccc(F)cc3)ccc3ccccc23)NC(=O)N1. The second kappa shape index (κ2) is 11.0. The number of esters is 1. The standard InChI is InChI=1S/C28H29FN2O4/c1-3-5-10-22-25(27(32)34-4-2)26(31-28(33)30-22)24-21-9-7-6-8-19(21)13-16-23(24)35-17-18-11-14-20(29)15-12-18/h6-9,11-16,26H,3-5,10,17H2,1-2H3,(H2,30,31,33). The zero-order valence-corrected chi connectivity index (χ0v) is 19.9. The molecule has 3 aromatic carbocycles. The van der Waals surface area contributed by atoms with E-state index < -0.39 is 12.0 Å². The van der Waals surface area contributed by atoms with Gasteiger partial charge in [0, 0.05) is 11.3 Å². The van der Waals surface area contributed by atoms with Crippen molar-refractivity contribution in [2.45, 2.75) is 45.8 Å². The summed E-state index contributed by atoms with van der Waals surface area (Å²) in [6, 6.07) is 16.5. The Morgan fingerprint density at radius 1 is 1.03 bits per heavy atom. The fraction of sp³-hybridized carbons (Fsp3) is 0.286. The second-order valence-corrected chi connectivity index (χ2v) is 8.36. The molecule has 3 aromatic rings. The Labute approximate surface area is 204 Å². The Morgan fingerprint density at radius 2 is 1.80 bits per heavy atom. The molecule has 2 N–H and O–H groups in total. The van der Waals surface area contributed by atoms with Crippen molar-refractivity contribution in [1.82, 2.24) is 10.6 Å². The number of halogens is 1. The van der Waals surface area contributed by atoms with E-state index in [-0.39, 0.29) is 25.1 Å². The first kappa shape index (κ1) is 24.3. The fourth-order valence-corrected chi connectivity index (χ4v) is 4.28. The number of urea groups is 1. The summed E-state index contributed by atoms with van der Waals surface area (Å²) < 4.78 is 24.9. The molecule has 0 aromatic heterocycles. The molecule has 1 atom stereocenters. The van der Waals surface area contributed by atoms with Crippen LogP contribution in [0.15, 0.2) is 71.9 Å². The minimum absolute atomic E-state index is 0.200. The number of nitrogens with one attached hydrogen (secondary N) is 2. The van der Waals surface area contributed by atoms with Gasteiger partial charge in [-0.15, -0.1) is 0 Å². The average molecular weight is 477 g/mol. The lowest BCUT2D eigenvalue weighted by Crippen LogP contribution is -2.46. The number of carbonyl (C=O) groups excluding carboxylic acids is 2. The van der Waals surface area contributed by atoms with Crippen molar-refractivity contribution < 1.29 is 23.5 Å². The van der Waals surface area contributed by atoms with Crippen molar-refractivity contribution in [3.63, 3.8) is 0 Å². The Balaban J connectivity index is 1.84. The van der Waals surface area contributed by atoms with Gasteiger partial charge in [0.1, 0.15) is 18.2 Å². The predicted molar refractivity (Wildman–Crippen MR) is 132 cm³/mol. The molecule has 182 valence electrons. The van der Waals surface area contributed by atoms with Gasteiger partial charge in [0.25, 0.3) is 0 Å². The maximum absolute atomic E-state index is 13.3. The number of hydrogen-bond acceptors (Lipinski definition) is 4. The first-order valence-corrected chi connectivity index (χ1v) is 11.9. The molecule has 1 aliphatic rings. The molecule has 0 saturated heterocycles. The summed E-state index contributed by atoms with van der Waals surface area (Å²) >= 11 is 0. The van der Waals surface area contributed by atoms with E-state index >= 15 is 0 Å². The van der Waals surface area contributed by atoms with Gasteiger partial charge < -0.3 is 20.1 Å². The van der Waals surface area contributed by atoms with Gasteiger partial charge in [0.2, 0.25) is 0 Å². The summed E-state index contributed by atoms with van der Waals surface area (Å²) in [6.45, 7) is 4.22. The van der Waals surface area contributed by atoms with Gasteiger partial charge in [-0.3, -0.25) is 0 Å². The van der Waals surface area contributed by atoms with E-state index in [1.165, 1.54) is 12.1 Å². The maximum atomic E-state index is 13.3. The minimum Gasteiger partial charge on any atom is -0.489 e. The molecule has 2 amide bonds. The van der Waals surface area contributed by atoms with E-state index in [4.69, 9.17) is 9.47 Å². The highest BCUT2D eigenvalue weighted by atomic mass is 19.1. The van der Waals surface area contributed by atoms with Crippen molar-refractivity contribution in [3.05, 3.63) is 88.9 Å². The third-order valence-electron chi connectivity index (χ3n) is 5.96. The van der Waals surface area contributed by atoms with Crippen LogP contribution in [0.4, 0.5) is 9.18 Å². The quantitative estimate of drug-likeness (QED) is 0.376. The van der Waals surface area contributed by atoms with Gasteiger partial charge >= 0.3 is 12.0 Å². The van der Waals surface area contributed by atoms with Gasteiger partial charge in [0.05, 0.1) is 18.2 Å². The molecule has 1 aliphatic heterocycles. The van der Waals surface area contributed by atoms with E-state index in [0.717, 1.165) is 29.2 Å². The number of benzene rings is 3. The number of ether oxygens (including phenoxy) is 2. The molecule has 7 heteroatoms. The van der Waals surface area contributed by atoms with Crippen molar-refractivity contribution in [2.75, 3.05) is 6.61 Å². The van der Waals surface area contributed by atoms with Gasteiger partial charge in [0.15, 0.2) is 0 Å². The van der Waals surface area contributed by atoms with Gasteiger partial charge in [-0.2, -0.15) is 0 Å². The Bertz CT molecular complexity index is 1250. The summed E-state index contributed by atoms with van der Waals surface area (Å²) in [4.78, 5) is 25.9. The lowest BCUT2D eigenvalue weighted by molar-refractivity contribution is -0.139. The number of carbonyl (C=O) groups is 2. The monoisotopic (exact) mass is 476 g/mol. The number of amides is 2. The van der Waals surface area contributed by atoms with E-state index in [0.29, 0.717) is 29.0 Å². The number of hydrogen-bond donors (Lipinski definition) is 2. The molecule has 0 saturated carbocycles. The smallest absolute Gasteiger partial charge is 0.338 e. The Hall–Kier alpha value is -3.87. The van der Waals surface area contributed by atoms with E-state index in [1.54, 1.807) is 19.1 Å². The molecule has 35 heavy (non-hydrogen) atoms. The van der Waals surface area contributed by atoms with Crippen LogP contribution in [-0.2, 0) is 16.1 Å². The zero-order chi connectivity index (χ0) is 24.8. The lowest BCUT2D eigenvalue weighted by Gasteiger charge is -2.31. The first-order valence-electron chi connectivity index (χ1n) is 11.9. The minimum atomic E-state index is -0.760. The molecule has 0 bridgehead atoms. The van der Waals surface area contributed by atoms with Crippen LogP contribution in [0.1, 0.15) is 50.3 Å². The van der Waals surface area contributed by atoms with Crippen molar-refractivity contribution >= 4 is 22.8 Å². The molecule has 1 heterocycles. The highest BCUT2D eigenvalue weighted by Crippen LogP contribution is 2.39. The van der Waals surface area contributed by atoms with Gasteiger partial charge in [-0.1, -0.05) is 55.8 Å². The number of rotatable bonds is 9. The fourth-order valence-electron chi connectivity index (χ4n) is 4.28. The third kappa shape index (κ3) is 5.45. The summed E-state index contributed by atoms with van der Waals surface area (Å²) in [7, 11) is 0. The van der Waals surface area contributed by atoms with Crippen LogP contribution in [0.3, 0.4) is 0 Å². The third-order valence-corrected chi connectivity index (χ3v) is 5.96. The van der Waals surface area contributed by atoms with E-state index in [2.05, 4.69) is 17.6 Å². The molecule has 0 radical (unpaired) electrons. The average Bonchev–Trinajstić information content (AvgIpc) is 2.86. The lowest BCUT2D eigenvalue weighted by atomic mass is 9.89. The Morgan fingerprint density at radius 3 is 2.54 bits per heavy atom. The number of allylic oxidation sites excluding steroid dienone is 1. The van der Waals surface area contributed by atoms with Crippen molar-refractivity contribution in [3.8, 4) is 5.75 Å². The summed E-state index contributed by atoms with van der Waals surface area (Å²) in [5, 5.41) is 7.55. The maximum Gasteiger partial charge on any atom is 0.338 e. The van der Waals surface area contributed by atoms with Crippen molar-refractivity contribution in [1.29, 1.82) is 0 Å². The summed E-state index contributed by atoms with van der Waals surface area (Å²) in [6.07, 6.45) is 2.27. The molecule has 1 unspecified atom stereocenters. The topological polar surface area (TPSA) is 76.7 Å². The van der Waals surface area contributed by atoms with Gasteiger partial charge in [-0.05, 0) is 54.3 Å². The second-order valence-electron chi connectivity index (χ2n) is 8.36. The van der Waals surface area contributed by atoms with E-state index in [9.17, 15) is 14.0 Å². The van der Waals surface area contributed by atoms with Crippen LogP contribution >= 0.6 is 0 Å². The summed E-state index contributed by atoms with van der Waals surface area (Å²) in [5.74, 6) is -0.272. The van der Waals surface area contributed by atoms with Crippen molar-refractivity contribution in [2.24, 2.45) is 0 Å². The molecule has 6 nitrogen and oxygen atoms in total. The number of unbranched alkanes of at least 4 members (excludes halogenated alkanes) is 1. The highest BCUT2D eigenvalue weighted by Gasteiger charge is 2.36. The van der Waals surface area contributed by atoms with Gasteiger partial charge in [-0.25, -0.2) is 14.0 Å². The zero-order valence-electron chi connectivity index (χ0n) is 19.9. The van der Waals surface area contributed by atoms with Crippen LogP contribution in [0, 0.1) is 5.82 Å². The van der Waals surface area contributed by atoms with E-state index in [1.807, 2.05) is 36.4 Å². The molecule has 4 rings (SSSR count). The molecule has 0 aliphatic carbocycles. The normalized spacial score (nSPS) is 15.5. The predicted octanol–water partition coefficient (Wildman–Crippen LogP) is 5.92. The largest absolute Gasteiger partial charge is 0.489 e. The molecule has 0 spiro atoms. The number of fused-ring (bicyclic) bond motifs is 1. The van der Waals surface area contributed by atoms with Crippen LogP contribution in [0.25, 0.3) is 10.8 Å². The highest BCUT2D eigenvalue weighted by molar-refractivity contribution is 5.98. The van der Waals surface area contributed by atoms with Crippen LogP contribution in [0.2, 0.25) is 0 Å². The van der Waals surface area contributed by atoms with Crippen LogP contribution in [0.5, 0.6) is 5.75 Å². The Kier molecular flexibility index (Phi) is 7.65. The molecular weight excluding hydrogens is 447 g/mol. The summed E-state index contributed by atoms with van der Waals surface area (Å²) in [5.41, 5.74) is 2.42. The molecule has 0 fully saturated rings.